The molecule has 0 bridgehead atoms. The highest BCUT2D eigenvalue weighted by Crippen LogP contribution is 2.20. The van der Waals surface area contributed by atoms with E-state index >= 15 is 0 Å². The van der Waals surface area contributed by atoms with Crippen LogP contribution in [0.4, 0.5) is 0 Å². The topological polar surface area (TPSA) is 27.6 Å². The molecule has 2 fully saturated rings. The molecule has 0 aromatic heterocycles. The summed E-state index contributed by atoms with van der Waals surface area (Å²) >= 11 is 1.87. The molecule has 1 aromatic carbocycles. The summed E-state index contributed by atoms with van der Waals surface area (Å²) in [6.07, 6.45) is 2.37. The number of benzene rings is 1. The summed E-state index contributed by atoms with van der Waals surface area (Å²) in [5.41, 5.74) is 1.42. The Morgan fingerprint density at radius 1 is 1.25 bits per heavy atom. The van der Waals surface area contributed by atoms with Crippen LogP contribution in [0.25, 0.3) is 0 Å². The lowest BCUT2D eigenvalue weighted by molar-refractivity contribution is 0.206. The van der Waals surface area contributed by atoms with Gasteiger partial charge in [0.25, 0.3) is 0 Å². The van der Waals surface area contributed by atoms with E-state index in [1.54, 1.807) is 0 Å². The van der Waals surface area contributed by atoms with Gasteiger partial charge in [0.05, 0.1) is 6.04 Å². The summed E-state index contributed by atoms with van der Waals surface area (Å²) in [5.74, 6) is 1.16. The van der Waals surface area contributed by atoms with Crippen molar-refractivity contribution in [1.29, 1.82) is 0 Å². The minimum Gasteiger partial charge on any atom is -0.362 e. The molecule has 2 heterocycles. The third-order valence-electron chi connectivity index (χ3n) is 3.95. The fraction of sp³-hybridized carbons (Fsp3) is 0.562. The fourth-order valence-electron chi connectivity index (χ4n) is 2.79. The van der Waals surface area contributed by atoms with Gasteiger partial charge in [0.15, 0.2) is 5.17 Å². The van der Waals surface area contributed by atoms with E-state index in [0.717, 1.165) is 25.4 Å². The maximum Gasteiger partial charge on any atom is 0.157 e. The van der Waals surface area contributed by atoms with Crippen molar-refractivity contribution >= 4 is 16.9 Å². The Labute approximate surface area is 125 Å². The maximum absolute atomic E-state index is 4.87. The molecule has 2 aliphatic heterocycles. The van der Waals surface area contributed by atoms with E-state index in [4.69, 9.17) is 4.99 Å². The number of thioether (sulfide) groups is 1. The molecular formula is C16H23N3S. The van der Waals surface area contributed by atoms with Gasteiger partial charge in [0, 0.05) is 31.4 Å². The highest BCUT2D eigenvalue weighted by Gasteiger charge is 2.21. The van der Waals surface area contributed by atoms with Crippen LogP contribution in [-0.2, 0) is 6.54 Å². The van der Waals surface area contributed by atoms with Crippen molar-refractivity contribution in [3.8, 4) is 0 Å². The third-order valence-corrected chi connectivity index (χ3v) is 5.11. The maximum atomic E-state index is 4.87. The quantitative estimate of drug-likeness (QED) is 0.927. The Morgan fingerprint density at radius 2 is 2.00 bits per heavy atom. The summed E-state index contributed by atoms with van der Waals surface area (Å²) in [6.45, 7) is 5.62. The number of piperidine rings is 1. The SMILES string of the molecule is CC1CSC(=NC2CCN(Cc3ccccc3)CC2)N1. The van der Waals surface area contributed by atoms with E-state index < -0.39 is 0 Å². The Hall–Kier alpha value is -1.00. The van der Waals surface area contributed by atoms with E-state index in [1.165, 1.54) is 23.6 Å². The smallest absolute Gasteiger partial charge is 0.157 e. The monoisotopic (exact) mass is 289 g/mol. The predicted octanol–water partition coefficient (Wildman–Crippen LogP) is 2.73. The molecule has 1 unspecified atom stereocenters. The van der Waals surface area contributed by atoms with Gasteiger partial charge in [0.1, 0.15) is 0 Å². The molecule has 3 rings (SSSR count). The number of likely N-dealkylation sites (tertiary alicyclic amines) is 1. The molecule has 20 heavy (non-hydrogen) atoms. The summed E-state index contributed by atoms with van der Waals surface area (Å²) in [4.78, 5) is 7.41. The van der Waals surface area contributed by atoms with Crippen LogP contribution in [0.2, 0.25) is 0 Å². The lowest BCUT2D eigenvalue weighted by Crippen LogP contribution is -2.35. The third kappa shape index (κ3) is 3.76. The standard InChI is InChI=1S/C16H23N3S/c1-13-12-20-16(17-13)18-15-7-9-19(10-8-15)11-14-5-3-2-4-6-14/h2-6,13,15H,7-12H2,1H3,(H,17,18). The van der Waals surface area contributed by atoms with Crippen molar-refractivity contribution in [2.24, 2.45) is 4.99 Å². The molecule has 0 saturated carbocycles. The van der Waals surface area contributed by atoms with Crippen LogP contribution in [0.5, 0.6) is 0 Å². The van der Waals surface area contributed by atoms with Gasteiger partial charge in [-0.25, -0.2) is 0 Å². The molecule has 1 N–H and O–H groups in total. The van der Waals surface area contributed by atoms with Crippen LogP contribution in [0.3, 0.4) is 0 Å². The van der Waals surface area contributed by atoms with Gasteiger partial charge in [-0.05, 0) is 25.3 Å². The zero-order chi connectivity index (χ0) is 13.8. The first-order valence-electron chi connectivity index (χ1n) is 7.53. The summed E-state index contributed by atoms with van der Waals surface area (Å²) in [6, 6.07) is 11.9. The minimum absolute atomic E-state index is 0.516. The van der Waals surface area contributed by atoms with Crippen molar-refractivity contribution in [3.63, 3.8) is 0 Å². The summed E-state index contributed by atoms with van der Waals surface area (Å²) in [7, 11) is 0. The van der Waals surface area contributed by atoms with Crippen molar-refractivity contribution < 1.29 is 0 Å². The number of amidine groups is 1. The van der Waals surface area contributed by atoms with E-state index in [-0.39, 0.29) is 0 Å². The van der Waals surface area contributed by atoms with Gasteiger partial charge in [0.2, 0.25) is 0 Å². The zero-order valence-electron chi connectivity index (χ0n) is 12.1. The molecule has 1 atom stereocenters. The van der Waals surface area contributed by atoms with E-state index in [2.05, 4.69) is 47.5 Å². The lowest BCUT2D eigenvalue weighted by Gasteiger charge is -2.30. The predicted molar refractivity (Wildman–Crippen MR) is 87.2 cm³/mol. The number of nitrogens with zero attached hydrogens (tertiary/aromatic N) is 2. The second-order valence-corrected chi connectivity index (χ2v) is 6.79. The second kappa shape index (κ2) is 6.64. The van der Waals surface area contributed by atoms with Crippen molar-refractivity contribution in [2.45, 2.75) is 38.4 Å². The summed E-state index contributed by atoms with van der Waals surface area (Å²) in [5, 5.41) is 4.62. The fourth-order valence-corrected chi connectivity index (χ4v) is 3.79. The molecular weight excluding hydrogens is 266 g/mol. The molecule has 108 valence electrons. The number of nitrogens with one attached hydrogen (secondary N) is 1. The number of rotatable bonds is 3. The van der Waals surface area contributed by atoms with Crippen LogP contribution in [0, 0.1) is 0 Å². The lowest BCUT2D eigenvalue weighted by atomic mass is 10.0. The van der Waals surface area contributed by atoms with Crippen LogP contribution in [0.15, 0.2) is 35.3 Å². The average Bonchev–Trinajstić information content (AvgIpc) is 2.88. The molecule has 1 aromatic rings. The van der Waals surface area contributed by atoms with Crippen LogP contribution < -0.4 is 5.32 Å². The first kappa shape index (κ1) is 14.0. The molecule has 0 aliphatic carbocycles. The van der Waals surface area contributed by atoms with E-state index in [9.17, 15) is 0 Å². The van der Waals surface area contributed by atoms with Crippen LogP contribution in [0.1, 0.15) is 25.3 Å². The average molecular weight is 289 g/mol. The number of hydrogen-bond donors (Lipinski definition) is 1. The van der Waals surface area contributed by atoms with Gasteiger partial charge < -0.3 is 5.32 Å². The molecule has 2 saturated heterocycles. The zero-order valence-corrected chi connectivity index (χ0v) is 12.9. The van der Waals surface area contributed by atoms with Crippen molar-refractivity contribution in [2.75, 3.05) is 18.8 Å². The Balaban J connectivity index is 1.47. The molecule has 3 nitrogen and oxygen atoms in total. The normalized spacial score (nSPS) is 26.9. The van der Waals surface area contributed by atoms with Gasteiger partial charge in [-0.1, -0.05) is 42.1 Å². The molecule has 2 aliphatic rings. The van der Waals surface area contributed by atoms with E-state index in [1.807, 2.05) is 11.8 Å². The van der Waals surface area contributed by atoms with E-state index in [0.29, 0.717) is 12.1 Å². The second-order valence-electron chi connectivity index (χ2n) is 5.78. The number of hydrogen-bond acceptors (Lipinski definition) is 3. The van der Waals surface area contributed by atoms with Crippen LogP contribution in [-0.4, -0.2) is 41.0 Å². The number of aliphatic imine (C=N–C) groups is 1. The first-order chi connectivity index (χ1) is 9.79. The molecule has 0 spiro atoms. The van der Waals surface area contributed by atoms with Gasteiger partial charge in [-0.3, -0.25) is 9.89 Å². The largest absolute Gasteiger partial charge is 0.362 e. The minimum atomic E-state index is 0.516. The van der Waals surface area contributed by atoms with Gasteiger partial charge in [-0.15, -0.1) is 0 Å². The molecule has 0 amide bonds. The first-order valence-corrected chi connectivity index (χ1v) is 8.51. The van der Waals surface area contributed by atoms with Crippen molar-refractivity contribution in [3.05, 3.63) is 35.9 Å². The highest BCUT2D eigenvalue weighted by atomic mass is 32.2. The van der Waals surface area contributed by atoms with Crippen molar-refractivity contribution in [1.82, 2.24) is 10.2 Å². The molecule has 4 heteroatoms. The summed E-state index contributed by atoms with van der Waals surface area (Å²) < 4.78 is 0. The van der Waals surface area contributed by atoms with Gasteiger partial charge >= 0.3 is 0 Å². The highest BCUT2D eigenvalue weighted by molar-refractivity contribution is 8.14. The Kier molecular flexibility index (Phi) is 4.63. The van der Waals surface area contributed by atoms with Crippen LogP contribution >= 0.6 is 11.8 Å². The molecule has 0 radical (unpaired) electrons. The van der Waals surface area contributed by atoms with Gasteiger partial charge in [-0.2, -0.15) is 0 Å². The Bertz CT molecular complexity index is 452. The Morgan fingerprint density at radius 3 is 2.65 bits per heavy atom.